The van der Waals surface area contributed by atoms with Gasteiger partial charge in [0.25, 0.3) is 0 Å². The van der Waals surface area contributed by atoms with Crippen molar-refractivity contribution >= 4 is 10.0 Å². The SMILES string of the molecule is Cc1ccc(-c2nnc(-c3cccc(S(=O)(=O)N4CCN(C)CC4)c3)o2)cc1. The molecule has 8 heteroatoms. The minimum Gasteiger partial charge on any atom is -0.416 e. The van der Waals surface area contributed by atoms with E-state index in [9.17, 15) is 8.42 Å². The highest BCUT2D eigenvalue weighted by Gasteiger charge is 2.28. The number of rotatable bonds is 4. The summed E-state index contributed by atoms with van der Waals surface area (Å²) >= 11 is 0. The van der Waals surface area contributed by atoms with Gasteiger partial charge in [-0.2, -0.15) is 4.31 Å². The van der Waals surface area contributed by atoms with Crippen LogP contribution in [0.4, 0.5) is 0 Å². The molecule has 4 rings (SSSR count). The van der Waals surface area contributed by atoms with Gasteiger partial charge in [-0.3, -0.25) is 0 Å². The standard InChI is InChI=1S/C20H22N4O3S/c1-15-6-8-16(9-7-15)19-21-22-20(27-19)17-4-3-5-18(14-17)28(25,26)24-12-10-23(2)11-13-24/h3-9,14H,10-13H2,1-2H3. The molecule has 7 nitrogen and oxygen atoms in total. The van der Waals surface area contributed by atoms with Crippen LogP contribution in [0.1, 0.15) is 5.56 Å². The van der Waals surface area contributed by atoms with Crippen LogP contribution in [0.15, 0.2) is 57.8 Å². The number of sulfonamides is 1. The van der Waals surface area contributed by atoms with Crippen LogP contribution in [0.25, 0.3) is 22.9 Å². The zero-order chi connectivity index (χ0) is 19.7. The van der Waals surface area contributed by atoms with Gasteiger partial charge >= 0.3 is 0 Å². The van der Waals surface area contributed by atoms with Crippen LogP contribution in [-0.4, -0.2) is 61.0 Å². The van der Waals surface area contributed by atoms with Crippen molar-refractivity contribution in [2.45, 2.75) is 11.8 Å². The summed E-state index contributed by atoms with van der Waals surface area (Å²) in [6.45, 7) is 4.43. The number of aromatic nitrogens is 2. The van der Waals surface area contributed by atoms with E-state index in [0.717, 1.165) is 24.2 Å². The van der Waals surface area contributed by atoms with Crippen LogP contribution in [0, 0.1) is 6.92 Å². The Labute approximate surface area is 164 Å². The minimum atomic E-state index is -3.55. The number of aryl methyl sites for hydroxylation is 1. The number of hydrogen-bond donors (Lipinski definition) is 0. The van der Waals surface area contributed by atoms with Crippen molar-refractivity contribution in [3.63, 3.8) is 0 Å². The topological polar surface area (TPSA) is 79.5 Å². The van der Waals surface area contributed by atoms with Crippen molar-refractivity contribution in [1.82, 2.24) is 19.4 Å². The Morgan fingerprint density at radius 1 is 0.893 bits per heavy atom. The number of nitrogens with zero attached hydrogens (tertiary/aromatic N) is 4. The van der Waals surface area contributed by atoms with Crippen LogP contribution >= 0.6 is 0 Å². The van der Waals surface area contributed by atoms with Gasteiger partial charge in [-0.05, 0) is 44.3 Å². The van der Waals surface area contributed by atoms with E-state index in [-0.39, 0.29) is 4.90 Å². The maximum absolute atomic E-state index is 13.0. The summed E-state index contributed by atoms with van der Waals surface area (Å²) in [7, 11) is -1.56. The molecule has 0 bridgehead atoms. The molecule has 28 heavy (non-hydrogen) atoms. The number of benzene rings is 2. The Kier molecular flexibility index (Phi) is 5.01. The Hall–Kier alpha value is -2.55. The fourth-order valence-electron chi connectivity index (χ4n) is 3.12. The summed E-state index contributed by atoms with van der Waals surface area (Å²) in [4.78, 5) is 2.36. The molecule has 0 amide bonds. The molecular weight excluding hydrogens is 376 g/mol. The Balaban J connectivity index is 1.61. The molecule has 3 aromatic rings. The Morgan fingerprint density at radius 2 is 1.54 bits per heavy atom. The lowest BCUT2D eigenvalue weighted by molar-refractivity contribution is 0.222. The van der Waals surface area contributed by atoms with Gasteiger partial charge in [-0.1, -0.05) is 23.8 Å². The third kappa shape index (κ3) is 3.71. The molecular formula is C20H22N4O3S. The molecule has 0 spiro atoms. The van der Waals surface area contributed by atoms with Gasteiger partial charge in [0.15, 0.2) is 0 Å². The zero-order valence-corrected chi connectivity index (χ0v) is 16.7. The van der Waals surface area contributed by atoms with Crippen molar-refractivity contribution < 1.29 is 12.8 Å². The van der Waals surface area contributed by atoms with Crippen molar-refractivity contribution in [3.05, 3.63) is 54.1 Å². The van der Waals surface area contributed by atoms with E-state index < -0.39 is 10.0 Å². The second-order valence-corrected chi connectivity index (χ2v) is 8.95. The van der Waals surface area contributed by atoms with Crippen LogP contribution < -0.4 is 0 Å². The highest BCUT2D eigenvalue weighted by Crippen LogP contribution is 2.27. The van der Waals surface area contributed by atoms with Crippen molar-refractivity contribution in [2.24, 2.45) is 0 Å². The molecule has 0 atom stereocenters. The first-order chi connectivity index (χ1) is 13.4. The number of hydrogen-bond acceptors (Lipinski definition) is 6. The maximum Gasteiger partial charge on any atom is 0.248 e. The monoisotopic (exact) mass is 398 g/mol. The first-order valence-electron chi connectivity index (χ1n) is 9.13. The summed E-state index contributed by atoms with van der Waals surface area (Å²) in [6.07, 6.45) is 0. The molecule has 0 N–H and O–H groups in total. The summed E-state index contributed by atoms with van der Waals surface area (Å²) < 4.78 is 33.3. The molecule has 1 aliphatic rings. The summed E-state index contributed by atoms with van der Waals surface area (Å²) in [5.74, 6) is 0.702. The van der Waals surface area contributed by atoms with Crippen LogP contribution in [0.5, 0.6) is 0 Å². The van der Waals surface area contributed by atoms with E-state index in [1.54, 1.807) is 24.3 Å². The van der Waals surface area contributed by atoms with E-state index in [2.05, 4.69) is 15.1 Å². The molecule has 1 saturated heterocycles. The highest BCUT2D eigenvalue weighted by atomic mass is 32.2. The molecule has 1 aliphatic heterocycles. The summed E-state index contributed by atoms with van der Waals surface area (Å²) in [6, 6.07) is 14.5. The smallest absolute Gasteiger partial charge is 0.248 e. The van der Waals surface area contributed by atoms with Crippen LogP contribution in [0.3, 0.4) is 0 Å². The lowest BCUT2D eigenvalue weighted by Crippen LogP contribution is -2.47. The number of piperazine rings is 1. The van der Waals surface area contributed by atoms with E-state index in [1.165, 1.54) is 4.31 Å². The molecule has 2 aromatic carbocycles. The fraction of sp³-hybridized carbons (Fsp3) is 0.300. The Morgan fingerprint density at radius 3 is 2.21 bits per heavy atom. The molecule has 0 saturated carbocycles. The Bertz CT molecular complexity index is 1070. The number of likely N-dealkylation sites (N-methyl/N-ethyl adjacent to an activating group) is 1. The van der Waals surface area contributed by atoms with E-state index in [0.29, 0.717) is 30.4 Å². The predicted molar refractivity (Wildman–Crippen MR) is 106 cm³/mol. The van der Waals surface area contributed by atoms with Gasteiger partial charge in [0, 0.05) is 37.3 Å². The quantitative estimate of drug-likeness (QED) is 0.672. The summed E-state index contributed by atoms with van der Waals surface area (Å²) in [5.41, 5.74) is 2.55. The normalized spacial score (nSPS) is 16.4. The van der Waals surface area contributed by atoms with Gasteiger partial charge in [-0.25, -0.2) is 8.42 Å². The van der Waals surface area contributed by atoms with Gasteiger partial charge in [0.05, 0.1) is 4.90 Å². The van der Waals surface area contributed by atoms with Crippen LogP contribution in [0.2, 0.25) is 0 Å². The molecule has 2 heterocycles. The average Bonchev–Trinajstić information content (AvgIpc) is 3.19. The van der Waals surface area contributed by atoms with Gasteiger partial charge in [0.2, 0.25) is 21.8 Å². The third-order valence-corrected chi connectivity index (χ3v) is 6.80. The lowest BCUT2D eigenvalue weighted by atomic mass is 10.1. The average molecular weight is 398 g/mol. The first-order valence-corrected chi connectivity index (χ1v) is 10.6. The van der Waals surface area contributed by atoms with Crippen LogP contribution in [-0.2, 0) is 10.0 Å². The van der Waals surface area contributed by atoms with Gasteiger partial charge in [-0.15, -0.1) is 10.2 Å². The molecule has 0 aliphatic carbocycles. The van der Waals surface area contributed by atoms with Crippen molar-refractivity contribution in [2.75, 3.05) is 33.2 Å². The van der Waals surface area contributed by atoms with Gasteiger partial charge < -0.3 is 9.32 Å². The maximum atomic E-state index is 13.0. The van der Waals surface area contributed by atoms with Crippen molar-refractivity contribution in [1.29, 1.82) is 0 Å². The van der Waals surface area contributed by atoms with E-state index in [1.807, 2.05) is 38.2 Å². The summed E-state index contributed by atoms with van der Waals surface area (Å²) in [5, 5.41) is 8.20. The molecule has 1 fully saturated rings. The van der Waals surface area contributed by atoms with Crippen molar-refractivity contribution in [3.8, 4) is 22.9 Å². The van der Waals surface area contributed by atoms with E-state index >= 15 is 0 Å². The lowest BCUT2D eigenvalue weighted by Gasteiger charge is -2.31. The minimum absolute atomic E-state index is 0.240. The second-order valence-electron chi connectivity index (χ2n) is 7.01. The van der Waals surface area contributed by atoms with Gasteiger partial charge in [0.1, 0.15) is 0 Å². The first kappa shape index (κ1) is 18.8. The molecule has 1 aromatic heterocycles. The fourth-order valence-corrected chi connectivity index (χ4v) is 4.59. The highest BCUT2D eigenvalue weighted by molar-refractivity contribution is 7.89. The molecule has 146 valence electrons. The molecule has 0 unspecified atom stereocenters. The second kappa shape index (κ2) is 7.46. The third-order valence-electron chi connectivity index (χ3n) is 4.90. The predicted octanol–water partition coefficient (Wildman–Crippen LogP) is 2.65. The largest absolute Gasteiger partial charge is 0.416 e. The zero-order valence-electron chi connectivity index (χ0n) is 15.9. The van der Waals surface area contributed by atoms with E-state index in [4.69, 9.17) is 4.42 Å². The molecule has 0 radical (unpaired) electrons.